The zero-order chi connectivity index (χ0) is 18.4. The third-order valence-corrected chi connectivity index (χ3v) is 3.45. The van der Waals surface area contributed by atoms with E-state index >= 15 is 0 Å². The summed E-state index contributed by atoms with van der Waals surface area (Å²) in [6.07, 6.45) is 0. The summed E-state index contributed by atoms with van der Waals surface area (Å²) in [4.78, 5) is 11.9. The van der Waals surface area contributed by atoms with Gasteiger partial charge >= 0.3 is 6.61 Å². The summed E-state index contributed by atoms with van der Waals surface area (Å²) >= 11 is 0. The summed E-state index contributed by atoms with van der Waals surface area (Å²) < 4.78 is 33.8. The molecule has 2 rings (SSSR count). The lowest BCUT2D eigenvalue weighted by Crippen LogP contribution is -2.20. The van der Waals surface area contributed by atoms with Crippen LogP contribution in [-0.2, 0) is 10.2 Å². The van der Waals surface area contributed by atoms with Gasteiger partial charge in [-0.2, -0.15) is 8.78 Å². The molecule has 6 heteroatoms. The highest BCUT2D eigenvalue weighted by atomic mass is 19.3. The van der Waals surface area contributed by atoms with Crippen molar-refractivity contribution >= 4 is 11.6 Å². The number of ether oxygens (including phenoxy) is 2. The Morgan fingerprint density at radius 2 is 1.56 bits per heavy atom. The summed E-state index contributed by atoms with van der Waals surface area (Å²) in [5.41, 5.74) is 1.70. The molecule has 0 fully saturated rings. The molecule has 0 radical (unpaired) electrons. The van der Waals surface area contributed by atoms with Gasteiger partial charge in [0, 0.05) is 5.69 Å². The van der Waals surface area contributed by atoms with Crippen molar-refractivity contribution in [3.8, 4) is 11.5 Å². The van der Waals surface area contributed by atoms with Crippen LogP contribution in [0.3, 0.4) is 0 Å². The zero-order valence-electron chi connectivity index (χ0n) is 14.4. The van der Waals surface area contributed by atoms with Gasteiger partial charge in [-0.1, -0.05) is 32.9 Å². The first-order chi connectivity index (χ1) is 11.7. The van der Waals surface area contributed by atoms with Gasteiger partial charge in [-0.15, -0.1) is 0 Å². The normalized spacial score (nSPS) is 11.3. The Kier molecular flexibility index (Phi) is 5.96. The van der Waals surface area contributed by atoms with E-state index in [0.717, 1.165) is 0 Å². The van der Waals surface area contributed by atoms with Crippen LogP contribution in [0.1, 0.15) is 26.3 Å². The standard InChI is InChI=1S/C19H21F2NO3/c1-19(2,3)13-4-8-15(9-5-13)24-12-17(23)22-14-6-10-16(11-7-14)25-18(20)21/h4-11,18H,12H2,1-3H3,(H,22,23). The molecule has 4 nitrogen and oxygen atoms in total. The van der Waals surface area contributed by atoms with Gasteiger partial charge in [0.2, 0.25) is 0 Å². The van der Waals surface area contributed by atoms with Crippen LogP contribution in [0.2, 0.25) is 0 Å². The molecule has 0 bridgehead atoms. The van der Waals surface area contributed by atoms with E-state index in [-0.39, 0.29) is 23.7 Å². The number of nitrogens with one attached hydrogen (secondary N) is 1. The van der Waals surface area contributed by atoms with Crippen LogP contribution >= 0.6 is 0 Å². The van der Waals surface area contributed by atoms with Crippen LogP contribution < -0.4 is 14.8 Å². The number of hydrogen-bond donors (Lipinski definition) is 1. The van der Waals surface area contributed by atoms with Crippen molar-refractivity contribution in [1.29, 1.82) is 0 Å². The van der Waals surface area contributed by atoms with Gasteiger partial charge in [0.05, 0.1) is 0 Å². The van der Waals surface area contributed by atoms with Crippen molar-refractivity contribution in [3.05, 3.63) is 54.1 Å². The van der Waals surface area contributed by atoms with Crippen LogP contribution in [0.15, 0.2) is 48.5 Å². The molecule has 0 unspecified atom stereocenters. The molecule has 1 N–H and O–H groups in total. The van der Waals surface area contributed by atoms with Crippen LogP contribution in [0.25, 0.3) is 0 Å². The first kappa shape index (κ1) is 18.7. The van der Waals surface area contributed by atoms with E-state index in [1.54, 1.807) is 0 Å². The predicted molar refractivity (Wildman–Crippen MR) is 92.3 cm³/mol. The molecule has 134 valence electrons. The second-order valence-electron chi connectivity index (χ2n) is 6.51. The number of halogens is 2. The Labute approximate surface area is 145 Å². The molecule has 0 heterocycles. The van der Waals surface area contributed by atoms with Crippen molar-refractivity contribution < 1.29 is 23.0 Å². The van der Waals surface area contributed by atoms with Crippen molar-refractivity contribution in [2.75, 3.05) is 11.9 Å². The molecule has 1 amide bonds. The highest BCUT2D eigenvalue weighted by Crippen LogP contribution is 2.24. The SMILES string of the molecule is CC(C)(C)c1ccc(OCC(=O)Nc2ccc(OC(F)F)cc2)cc1. The lowest BCUT2D eigenvalue weighted by Gasteiger charge is -2.19. The Balaban J connectivity index is 1.84. The van der Waals surface area contributed by atoms with Gasteiger partial charge in [-0.05, 0) is 47.4 Å². The van der Waals surface area contributed by atoms with Gasteiger partial charge in [-0.3, -0.25) is 4.79 Å². The average molecular weight is 349 g/mol. The van der Waals surface area contributed by atoms with Crippen molar-refractivity contribution in [1.82, 2.24) is 0 Å². The Morgan fingerprint density at radius 1 is 1.00 bits per heavy atom. The molecular weight excluding hydrogens is 328 g/mol. The van der Waals surface area contributed by atoms with Crippen LogP contribution in [-0.4, -0.2) is 19.1 Å². The fourth-order valence-corrected chi connectivity index (χ4v) is 2.12. The fraction of sp³-hybridized carbons (Fsp3) is 0.316. The first-order valence-corrected chi connectivity index (χ1v) is 7.82. The van der Waals surface area contributed by atoms with Crippen molar-refractivity contribution in [2.24, 2.45) is 0 Å². The molecule has 2 aromatic rings. The summed E-state index contributed by atoms with van der Waals surface area (Å²) in [5.74, 6) is 0.287. The Hall–Kier alpha value is -2.63. The maximum atomic E-state index is 12.1. The molecule has 0 saturated carbocycles. The van der Waals surface area contributed by atoms with Crippen LogP contribution in [0, 0.1) is 0 Å². The Bertz CT molecular complexity index is 692. The second kappa shape index (κ2) is 7.96. The zero-order valence-corrected chi connectivity index (χ0v) is 14.4. The number of amides is 1. The third-order valence-electron chi connectivity index (χ3n) is 3.45. The number of hydrogen-bond acceptors (Lipinski definition) is 3. The maximum Gasteiger partial charge on any atom is 0.387 e. The Morgan fingerprint density at radius 3 is 2.08 bits per heavy atom. The number of carbonyl (C=O) groups is 1. The number of anilines is 1. The summed E-state index contributed by atoms with van der Waals surface area (Å²) in [6, 6.07) is 13.3. The average Bonchev–Trinajstić information content (AvgIpc) is 2.54. The quantitative estimate of drug-likeness (QED) is 0.829. The maximum absolute atomic E-state index is 12.1. The summed E-state index contributed by atoms with van der Waals surface area (Å²) in [5, 5.41) is 2.62. The van der Waals surface area contributed by atoms with Gasteiger partial charge in [-0.25, -0.2) is 0 Å². The highest BCUT2D eigenvalue weighted by Gasteiger charge is 2.13. The van der Waals surface area contributed by atoms with Gasteiger partial charge in [0.25, 0.3) is 5.91 Å². The number of carbonyl (C=O) groups excluding carboxylic acids is 1. The van der Waals surface area contributed by atoms with Gasteiger partial charge in [0.1, 0.15) is 11.5 Å². The molecule has 0 aliphatic heterocycles. The molecule has 0 spiro atoms. The lowest BCUT2D eigenvalue weighted by atomic mass is 9.87. The summed E-state index contributed by atoms with van der Waals surface area (Å²) in [7, 11) is 0. The number of benzene rings is 2. The molecular formula is C19H21F2NO3. The third kappa shape index (κ3) is 6.06. The van der Waals surface area contributed by atoms with E-state index in [2.05, 4.69) is 30.8 Å². The molecule has 0 aliphatic carbocycles. The minimum Gasteiger partial charge on any atom is -0.484 e. The molecule has 25 heavy (non-hydrogen) atoms. The van der Waals surface area contributed by atoms with Gasteiger partial charge < -0.3 is 14.8 Å². The minimum atomic E-state index is -2.88. The molecule has 0 aromatic heterocycles. The second-order valence-corrected chi connectivity index (χ2v) is 6.51. The van der Waals surface area contributed by atoms with Crippen molar-refractivity contribution in [2.45, 2.75) is 32.8 Å². The molecule has 0 atom stereocenters. The first-order valence-electron chi connectivity index (χ1n) is 7.82. The highest BCUT2D eigenvalue weighted by molar-refractivity contribution is 5.91. The molecule has 0 saturated heterocycles. The molecule has 2 aromatic carbocycles. The fourth-order valence-electron chi connectivity index (χ4n) is 2.12. The monoisotopic (exact) mass is 349 g/mol. The topological polar surface area (TPSA) is 47.6 Å². The summed E-state index contributed by atoms with van der Waals surface area (Å²) in [6.45, 7) is 3.33. The van der Waals surface area contributed by atoms with Crippen LogP contribution in [0.5, 0.6) is 11.5 Å². The van der Waals surface area contributed by atoms with E-state index in [4.69, 9.17) is 4.74 Å². The van der Waals surface area contributed by atoms with E-state index in [9.17, 15) is 13.6 Å². The van der Waals surface area contributed by atoms with E-state index in [1.807, 2.05) is 24.3 Å². The van der Waals surface area contributed by atoms with Crippen molar-refractivity contribution in [3.63, 3.8) is 0 Å². The number of rotatable bonds is 6. The smallest absolute Gasteiger partial charge is 0.387 e. The lowest BCUT2D eigenvalue weighted by molar-refractivity contribution is -0.118. The molecule has 0 aliphatic rings. The van der Waals surface area contributed by atoms with E-state index in [0.29, 0.717) is 11.4 Å². The minimum absolute atomic E-state index is 0.0307. The van der Waals surface area contributed by atoms with E-state index < -0.39 is 6.61 Å². The van der Waals surface area contributed by atoms with E-state index in [1.165, 1.54) is 29.8 Å². The largest absolute Gasteiger partial charge is 0.484 e. The van der Waals surface area contributed by atoms with Crippen LogP contribution in [0.4, 0.5) is 14.5 Å². The predicted octanol–water partition coefficient (Wildman–Crippen LogP) is 4.60. The number of alkyl halides is 2. The van der Waals surface area contributed by atoms with Gasteiger partial charge in [0.15, 0.2) is 6.61 Å².